The summed E-state index contributed by atoms with van der Waals surface area (Å²) < 4.78 is 24.6. The number of ether oxygens (including phenoxy) is 4. The van der Waals surface area contributed by atoms with Gasteiger partial charge < -0.3 is 95.8 Å². The number of carbonyl (C=O) groups is 5. The van der Waals surface area contributed by atoms with E-state index in [9.17, 15) is 75.0 Å². The quantitative estimate of drug-likeness (QED) is 0.0784. The molecule has 4 rings (SSSR count). The van der Waals surface area contributed by atoms with Crippen molar-refractivity contribution in [2.24, 2.45) is 17.8 Å². The Morgan fingerprint density at radius 1 is 0.703 bits per heavy atom. The zero-order valence-electron chi connectivity index (χ0n) is 53.9. The molecule has 0 aliphatic carbocycles. The number of ketones is 2. The first-order chi connectivity index (χ1) is 43.1. The van der Waals surface area contributed by atoms with Gasteiger partial charge in [-0.2, -0.15) is 0 Å². The summed E-state index contributed by atoms with van der Waals surface area (Å²) in [5, 5.41) is 121. The number of carbonyl (C=O) groups excluding carboxylic acids is 5. The summed E-state index contributed by atoms with van der Waals surface area (Å²) in [6.07, 6.45) is 2.19. The number of benzene rings is 1. The Morgan fingerprint density at radius 2 is 1.27 bits per heavy atom. The maximum absolute atomic E-state index is 14.0. The molecule has 510 valence electrons. The van der Waals surface area contributed by atoms with E-state index in [-0.39, 0.29) is 50.0 Å². The lowest BCUT2D eigenvalue weighted by Gasteiger charge is -2.46. The van der Waals surface area contributed by atoms with Crippen LogP contribution < -0.4 is 16.0 Å². The molecule has 3 aliphatic heterocycles. The smallest absolute Gasteiger partial charge is 0.308 e. The first-order valence-corrected chi connectivity index (χ1v) is 31.5. The highest BCUT2D eigenvalue weighted by atomic mass is 16.7. The SMILES string of the molecule is CNc1ccc(C(=O)CC(O)CC[C@H](C)[C@H]2OC(=O)C[C@H](O)CC(=O)C[C@H](O)C[C@H](O)C[C@H](O)C[C@H](O)C[C@]3(O)C[C@H](O)[C@@H](C(=O)NCCN(C)C)C(C[C@@H](OC4O[C@H](C)[C@@H](O)[C@H](NC(=O)CN(C)C)[C@@H]4O)\C=C/C=C\C=C/C=C\C=C/C=C\C=C/[C@@H]2C)O3)cc1. The molecule has 0 spiro atoms. The fraction of sp³-hybridized carbons (Fsp3) is 0.627. The van der Waals surface area contributed by atoms with Crippen LogP contribution in [-0.2, 0) is 38.1 Å². The van der Waals surface area contributed by atoms with Crippen LogP contribution in [0.2, 0.25) is 0 Å². The topological polar surface area (TPSA) is 367 Å². The Bertz CT molecular complexity index is 2610. The number of aliphatic hydroxyl groups excluding tert-OH is 9. The first-order valence-electron chi connectivity index (χ1n) is 31.5. The molecule has 24 heteroatoms. The maximum Gasteiger partial charge on any atom is 0.308 e. The lowest BCUT2D eigenvalue weighted by atomic mass is 9.82. The minimum Gasteiger partial charge on any atom is -0.461 e. The molecule has 24 nitrogen and oxygen atoms in total. The molecule has 19 atom stereocenters. The number of aliphatic hydroxyl groups is 10. The van der Waals surface area contributed by atoms with Crippen LogP contribution in [0.4, 0.5) is 5.69 Å². The molecule has 0 aromatic heterocycles. The van der Waals surface area contributed by atoms with Crippen LogP contribution in [0.25, 0.3) is 0 Å². The number of nitrogens with zero attached hydrogens (tertiary/aromatic N) is 2. The van der Waals surface area contributed by atoms with Gasteiger partial charge in [0.2, 0.25) is 11.8 Å². The summed E-state index contributed by atoms with van der Waals surface area (Å²) in [5.41, 5.74) is 1.30. The molecule has 1 aromatic carbocycles. The van der Waals surface area contributed by atoms with E-state index in [2.05, 4.69) is 16.0 Å². The van der Waals surface area contributed by atoms with Crippen LogP contribution in [0.1, 0.15) is 108 Å². The van der Waals surface area contributed by atoms with E-state index < -0.39 is 178 Å². The highest BCUT2D eigenvalue weighted by molar-refractivity contribution is 5.96. The highest BCUT2D eigenvalue weighted by Crippen LogP contribution is 2.38. The van der Waals surface area contributed by atoms with Crippen molar-refractivity contribution < 1.29 is 94.0 Å². The van der Waals surface area contributed by atoms with Gasteiger partial charge in [-0.15, -0.1) is 0 Å². The second-order valence-electron chi connectivity index (χ2n) is 24.9. The van der Waals surface area contributed by atoms with Crippen LogP contribution in [0, 0.1) is 17.8 Å². The van der Waals surface area contributed by atoms with Gasteiger partial charge in [-0.3, -0.25) is 24.0 Å². The van der Waals surface area contributed by atoms with Crippen LogP contribution in [-0.4, -0.2) is 243 Å². The van der Waals surface area contributed by atoms with E-state index in [0.29, 0.717) is 18.5 Å². The zero-order valence-corrected chi connectivity index (χ0v) is 53.9. The third-order valence-electron chi connectivity index (χ3n) is 16.0. The van der Waals surface area contributed by atoms with E-state index in [4.69, 9.17) is 18.9 Å². The van der Waals surface area contributed by atoms with Crippen molar-refractivity contribution in [2.75, 3.05) is 60.2 Å². The number of esters is 1. The fourth-order valence-corrected chi connectivity index (χ4v) is 11.3. The zero-order chi connectivity index (χ0) is 67.4. The average molecular weight is 1280 g/mol. The van der Waals surface area contributed by atoms with Crippen molar-refractivity contribution >= 4 is 35.0 Å². The largest absolute Gasteiger partial charge is 0.461 e. The van der Waals surface area contributed by atoms with Crippen LogP contribution in [0.15, 0.2) is 109 Å². The number of hydrogen-bond donors (Lipinski definition) is 13. The predicted molar refractivity (Wildman–Crippen MR) is 342 cm³/mol. The molecule has 1 aromatic rings. The molecular weight excluding hydrogens is 1180 g/mol. The number of Topliss-reactive ketones (excluding diaryl/α,β-unsaturated/α-hetero) is 2. The molecule has 2 saturated heterocycles. The first kappa shape index (κ1) is 77.8. The standard InChI is InChI=1S/C67H103N5O19/c1-42-21-19-17-15-13-11-9-10-12-14-16-18-20-22-54(89-66-63(85)61(62(84)44(3)88-66)70-58(82)41-72(7)8)38-57-60(65(86)69-29-30-71(5)6)56(81)40-67(87,91-57)39-53(79)35-51(77)33-49(75)31-48(74)32-50(76)34-52(78)37-59(83)90-64(42)43(2)23-28-47(73)36-55(80)45-24-26-46(68-4)27-25-45/h9-22,24-27,42-44,47-49,51-54,56-57,60-64,66,68,73-75,77-79,81,84-85,87H,23,28-41H2,1-8H3,(H,69,86)(H,70,82)/b10-9-,13-11-,14-12-,17-15-,18-16-,21-19-,22-20-/t42-,43-,44+,47?,48+,49-,51-,52+,53-,54-,56-,57?,60+,61-,62+,63-,64-,66?,67+/m0/s1. The van der Waals surface area contributed by atoms with Crippen LogP contribution in [0.3, 0.4) is 0 Å². The number of allylic oxidation sites excluding steroid dienone is 12. The van der Waals surface area contributed by atoms with E-state index in [1.165, 1.54) is 6.92 Å². The van der Waals surface area contributed by atoms with Crippen molar-refractivity contribution in [3.8, 4) is 0 Å². The monoisotopic (exact) mass is 1280 g/mol. The highest BCUT2D eigenvalue weighted by Gasteiger charge is 2.51. The molecule has 91 heavy (non-hydrogen) atoms. The third-order valence-corrected chi connectivity index (χ3v) is 16.0. The number of amides is 2. The molecule has 0 saturated carbocycles. The van der Waals surface area contributed by atoms with Crippen LogP contribution >= 0.6 is 0 Å². The number of rotatable bonds is 17. The molecule has 2 bridgehead atoms. The molecular formula is C67H103N5O19. The van der Waals surface area contributed by atoms with Crippen molar-refractivity contribution in [2.45, 2.75) is 195 Å². The summed E-state index contributed by atoms with van der Waals surface area (Å²) in [6.45, 7) is 5.81. The number of cyclic esters (lactones) is 1. The number of fused-ring (bicyclic) bond motifs is 2. The molecule has 2 fully saturated rings. The summed E-state index contributed by atoms with van der Waals surface area (Å²) in [5.74, 6) is -7.10. The van der Waals surface area contributed by atoms with Crippen molar-refractivity contribution in [1.29, 1.82) is 0 Å². The van der Waals surface area contributed by atoms with Crippen molar-refractivity contribution in [1.82, 2.24) is 20.4 Å². The van der Waals surface area contributed by atoms with Gasteiger partial charge in [0, 0.05) is 75.8 Å². The van der Waals surface area contributed by atoms with Crippen molar-refractivity contribution in [3.63, 3.8) is 0 Å². The summed E-state index contributed by atoms with van der Waals surface area (Å²) in [4.78, 5) is 69.8. The molecule has 3 aliphatic rings. The van der Waals surface area contributed by atoms with E-state index in [1.807, 2.05) is 38.9 Å². The van der Waals surface area contributed by atoms with Gasteiger partial charge in [0.15, 0.2) is 17.9 Å². The van der Waals surface area contributed by atoms with E-state index in [1.54, 1.807) is 129 Å². The maximum atomic E-state index is 14.0. The van der Waals surface area contributed by atoms with Gasteiger partial charge in [-0.1, -0.05) is 98.9 Å². The molecule has 0 radical (unpaired) electrons. The lowest BCUT2D eigenvalue weighted by Crippen LogP contribution is -2.64. The molecule has 3 heterocycles. The third kappa shape index (κ3) is 28.6. The Hall–Kier alpha value is -5.65. The second-order valence-corrected chi connectivity index (χ2v) is 24.9. The number of likely N-dealkylation sites (N-methyl/N-ethyl adjacent to an activating group) is 2. The Morgan fingerprint density at radius 3 is 1.87 bits per heavy atom. The fourth-order valence-electron chi connectivity index (χ4n) is 11.3. The Labute approximate surface area is 535 Å². The molecule has 3 unspecified atom stereocenters. The lowest BCUT2D eigenvalue weighted by molar-refractivity contribution is -0.307. The van der Waals surface area contributed by atoms with Gasteiger partial charge in [0.1, 0.15) is 24.1 Å². The minimum absolute atomic E-state index is 0.0513. The van der Waals surface area contributed by atoms with Gasteiger partial charge in [0.05, 0.1) is 86.0 Å². The van der Waals surface area contributed by atoms with Gasteiger partial charge >= 0.3 is 5.97 Å². The Balaban J connectivity index is 1.62. The second kappa shape index (κ2) is 39.8. The minimum atomic E-state index is -2.32. The molecule has 13 N–H and O–H groups in total. The van der Waals surface area contributed by atoms with Gasteiger partial charge in [0.25, 0.3) is 0 Å². The summed E-state index contributed by atoms with van der Waals surface area (Å²) >= 11 is 0. The van der Waals surface area contributed by atoms with E-state index >= 15 is 0 Å². The van der Waals surface area contributed by atoms with Gasteiger partial charge in [-0.05, 0) is 97.4 Å². The summed E-state index contributed by atoms with van der Waals surface area (Å²) in [6, 6.07) is 5.68. The van der Waals surface area contributed by atoms with Crippen molar-refractivity contribution in [3.05, 3.63) is 115 Å². The summed E-state index contributed by atoms with van der Waals surface area (Å²) in [7, 11) is 8.75. The van der Waals surface area contributed by atoms with Gasteiger partial charge in [-0.25, -0.2) is 0 Å². The normalized spacial score (nSPS) is 34.9. The number of anilines is 1. The number of hydrogen-bond acceptors (Lipinski definition) is 22. The number of nitrogens with one attached hydrogen (secondary N) is 3. The van der Waals surface area contributed by atoms with E-state index in [0.717, 1.165) is 5.69 Å². The average Bonchev–Trinajstić information content (AvgIpc) is 0.818. The molecule has 2 amide bonds. The Kier molecular flexibility index (Phi) is 34.0. The predicted octanol–water partition coefficient (Wildman–Crippen LogP) is 2.06. The van der Waals surface area contributed by atoms with Crippen LogP contribution in [0.5, 0.6) is 0 Å².